The molecule has 1 saturated heterocycles. The van der Waals surface area contributed by atoms with E-state index >= 15 is 0 Å². The summed E-state index contributed by atoms with van der Waals surface area (Å²) in [7, 11) is 0. The molecule has 1 amide bonds. The molecule has 4 rings (SSSR count). The number of carbonyl (C=O) groups excluding carboxylic acids is 1. The summed E-state index contributed by atoms with van der Waals surface area (Å²) >= 11 is 0. The fraction of sp³-hybridized carbons (Fsp3) is 0.250. The minimum absolute atomic E-state index is 0.310. The summed E-state index contributed by atoms with van der Waals surface area (Å²) < 4.78 is 0. The second-order valence-corrected chi connectivity index (χ2v) is 5.60. The van der Waals surface area contributed by atoms with Gasteiger partial charge in [0.15, 0.2) is 5.82 Å². The molecule has 0 aromatic carbocycles. The normalized spacial score (nSPS) is 17.7. The lowest BCUT2D eigenvalue weighted by atomic mass is 10.2. The molecule has 0 saturated carbocycles. The number of pyridine rings is 1. The highest BCUT2D eigenvalue weighted by Gasteiger charge is 2.31. The molecule has 7 heteroatoms. The van der Waals surface area contributed by atoms with Crippen molar-refractivity contribution < 1.29 is 4.79 Å². The molecule has 0 unspecified atom stereocenters. The number of anilines is 1. The topological polar surface area (TPSA) is 101 Å². The molecule has 1 aliphatic heterocycles. The molecule has 3 aromatic rings. The van der Waals surface area contributed by atoms with Crippen LogP contribution in [0.3, 0.4) is 0 Å². The van der Waals surface area contributed by atoms with Crippen molar-refractivity contribution in [1.29, 1.82) is 0 Å². The maximum absolute atomic E-state index is 11.7. The number of fused-ring (bicyclic) bond motifs is 1. The van der Waals surface area contributed by atoms with Crippen LogP contribution in [-0.2, 0) is 4.79 Å². The van der Waals surface area contributed by atoms with Gasteiger partial charge >= 0.3 is 0 Å². The maximum atomic E-state index is 11.7. The average molecular weight is 308 g/mol. The van der Waals surface area contributed by atoms with Gasteiger partial charge in [0, 0.05) is 30.7 Å². The largest absolute Gasteiger partial charge is 0.368 e. The van der Waals surface area contributed by atoms with E-state index in [0.717, 1.165) is 41.8 Å². The van der Waals surface area contributed by atoms with Gasteiger partial charge in [-0.05, 0) is 31.0 Å². The Kier molecular flexibility index (Phi) is 3.18. The van der Waals surface area contributed by atoms with Crippen molar-refractivity contribution in [1.82, 2.24) is 19.9 Å². The van der Waals surface area contributed by atoms with Crippen molar-refractivity contribution in [2.75, 3.05) is 11.4 Å². The maximum Gasteiger partial charge on any atom is 0.240 e. The Bertz CT molecular complexity index is 859. The molecule has 0 aliphatic carbocycles. The minimum Gasteiger partial charge on any atom is -0.368 e. The molecule has 4 heterocycles. The van der Waals surface area contributed by atoms with E-state index in [9.17, 15) is 4.79 Å². The van der Waals surface area contributed by atoms with Crippen LogP contribution < -0.4 is 10.6 Å². The van der Waals surface area contributed by atoms with Gasteiger partial charge in [0.05, 0.1) is 5.39 Å². The van der Waals surface area contributed by atoms with Crippen LogP contribution in [0.25, 0.3) is 22.4 Å². The van der Waals surface area contributed by atoms with Crippen molar-refractivity contribution in [3.63, 3.8) is 0 Å². The average Bonchev–Trinajstić information content (AvgIpc) is 3.23. The van der Waals surface area contributed by atoms with E-state index in [1.165, 1.54) is 0 Å². The highest BCUT2D eigenvalue weighted by atomic mass is 16.1. The Morgan fingerprint density at radius 2 is 2.09 bits per heavy atom. The predicted octanol–water partition coefficient (Wildman–Crippen LogP) is 1.47. The molecule has 0 spiro atoms. The smallest absolute Gasteiger partial charge is 0.240 e. The quantitative estimate of drug-likeness (QED) is 0.763. The number of carbonyl (C=O) groups is 1. The number of amides is 1. The number of nitrogens with one attached hydrogen (secondary N) is 1. The number of hydrogen-bond acceptors (Lipinski definition) is 5. The fourth-order valence-corrected chi connectivity index (χ4v) is 3.09. The van der Waals surface area contributed by atoms with Crippen molar-refractivity contribution in [3.05, 3.63) is 36.8 Å². The van der Waals surface area contributed by atoms with E-state index in [1.54, 1.807) is 12.4 Å². The van der Waals surface area contributed by atoms with E-state index in [-0.39, 0.29) is 11.9 Å². The Labute approximate surface area is 132 Å². The van der Waals surface area contributed by atoms with Gasteiger partial charge in [-0.2, -0.15) is 0 Å². The Hall–Kier alpha value is -2.96. The minimum atomic E-state index is -0.312. The zero-order chi connectivity index (χ0) is 15.8. The van der Waals surface area contributed by atoms with Crippen molar-refractivity contribution >= 4 is 22.8 Å². The number of primary amides is 1. The van der Waals surface area contributed by atoms with E-state index in [1.807, 2.05) is 29.3 Å². The molecule has 3 N–H and O–H groups in total. The molecule has 23 heavy (non-hydrogen) atoms. The zero-order valence-electron chi connectivity index (χ0n) is 12.4. The van der Waals surface area contributed by atoms with E-state index in [0.29, 0.717) is 5.82 Å². The third kappa shape index (κ3) is 2.30. The lowest BCUT2D eigenvalue weighted by Crippen LogP contribution is -2.40. The third-order valence-corrected chi connectivity index (χ3v) is 4.19. The SMILES string of the molecule is NC(=O)[C@H]1CCCN1c1nc(-c2ccncc2)nc2[nH]ccc12. The number of aromatic nitrogens is 4. The first kappa shape index (κ1) is 13.7. The Balaban J connectivity index is 1.88. The summed E-state index contributed by atoms with van der Waals surface area (Å²) in [6.07, 6.45) is 6.93. The standard InChI is InChI=1S/C16H16N6O/c17-13(23)12-2-1-9-22(12)16-11-5-8-19-15(11)20-14(21-16)10-3-6-18-7-4-10/h3-8,12H,1-2,9H2,(H2,17,23)(H,19,20,21)/t12-/m1/s1. The molecule has 1 fully saturated rings. The molecule has 1 atom stereocenters. The summed E-state index contributed by atoms with van der Waals surface area (Å²) in [6.45, 7) is 0.765. The number of nitrogens with two attached hydrogens (primary N) is 1. The van der Waals surface area contributed by atoms with E-state index < -0.39 is 0 Å². The summed E-state index contributed by atoms with van der Waals surface area (Å²) in [5, 5.41) is 0.899. The van der Waals surface area contributed by atoms with E-state index in [2.05, 4.69) is 15.0 Å². The van der Waals surface area contributed by atoms with Crippen LogP contribution in [0.1, 0.15) is 12.8 Å². The highest BCUT2D eigenvalue weighted by Crippen LogP contribution is 2.31. The van der Waals surface area contributed by atoms with Crippen LogP contribution in [0.5, 0.6) is 0 Å². The number of aromatic amines is 1. The number of nitrogens with zero attached hydrogens (tertiary/aromatic N) is 4. The lowest BCUT2D eigenvalue weighted by molar-refractivity contribution is -0.119. The summed E-state index contributed by atoms with van der Waals surface area (Å²) in [6, 6.07) is 5.35. The first-order valence-corrected chi connectivity index (χ1v) is 7.55. The van der Waals surface area contributed by atoms with Gasteiger partial charge in [-0.3, -0.25) is 9.78 Å². The summed E-state index contributed by atoms with van der Waals surface area (Å²) in [4.78, 5) is 30.2. The van der Waals surface area contributed by atoms with Crippen LogP contribution in [0.4, 0.5) is 5.82 Å². The van der Waals surface area contributed by atoms with Gasteiger partial charge in [-0.1, -0.05) is 0 Å². The first-order chi connectivity index (χ1) is 11.2. The van der Waals surface area contributed by atoms with Crippen molar-refractivity contribution in [3.8, 4) is 11.4 Å². The molecular formula is C16H16N6O. The monoisotopic (exact) mass is 308 g/mol. The second kappa shape index (κ2) is 5.35. The van der Waals surface area contributed by atoms with Gasteiger partial charge in [0.25, 0.3) is 0 Å². The Morgan fingerprint density at radius 3 is 2.87 bits per heavy atom. The molecule has 116 valence electrons. The predicted molar refractivity (Wildman–Crippen MR) is 86.7 cm³/mol. The molecule has 3 aromatic heterocycles. The van der Waals surface area contributed by atoms with Crippen LogP contribution in [0, 0.1) is 0 Å². The van der Waals surface area contributed by atoms with Gasteiger partial charge in [-0.15, -0.1) is 0 Å². The number of rotatable bonds is 3. The van der Waals surface area contributed by atoms with Crippen LogP contribution in [0.15, 0.2) is 36.8 Å². The number of H-pyrrole nitrogens is 1. The second-order valence-electron chi connectivity index (χ2n) is 5.60. The van der Waals surface area contributed by atoms with Crippen molar-refractivity contribution in [2.45, 2.75) is 18.9 Å². The Morgan fingerprint density at radius 1 is 1.26 bits per heavy atom. The van der Waals surface area contributed by atoms with Crippen LogP contribution in [-0.4, -0.2) is 38.4 Å². The number of hydrogen-bond donors (Lipinski definition) is 2. The molecule has 0 radical (unpaired) electrons. The fourth-order valence-electron chi connectivity index (χ4n) is 3.09. The molecule has 7 nitrogen and oxygen atoms in total. The van der Waals surface area contributed by atoms with Crippen LogP contribution in [0.2, 0.25) is 0 Å². The lowest BCUT2D eigenvalue weighted by Gasteiger charge is -2.24. The highest BCUT2D eigenvalue weighted by molar-refractivity contribution is 5.92. The molecule has 0 bridgehead atoms. The third-order valence-electron chi connectivity index (χ3n) is 4.19. The zero-order valence-corrected chi connectivity index (χ0v) is 12.4. The van der Waals surface area contributed by atoms with Crippen molar-refractivity contribution in [2.24, 2.45) is 5.73 Å². The van der Waals surface area contributed by atoms with Gasteiger partial charge in [-0.25, -0.2) is 9.97 Å². The van der Waals surface area contributed by atoms with Gasteiger partial charge in [0.1, 0.15) is 17.5 Å². The first-order valence-electron chi connectivity index (χ1n) is 7.55. The van der Waals surface area contributed by atoms with Crippen LogP contribution >= 0.6 is 0 Å². The van der Waals surface area contributed by atoms with Gasteiger partial charge < -0.3 is 15.6 Å². The molecular weight excluding hydrogens is 292 g/mol. The molecule has 1 aliphatic rings. The summed E-state index contributed by atoms with van der Waals surface area (Å²) in [5.74, 6) is 1.05. The van der Waals surface area contributed by atoms with E-state index in [4.69, 9.17) is 10.7 Å². The summed E-state index contributed by atoms with van der Waals surface area (Å²) in [5.41, 5.74) is 7.18. The van der Waals surface area contributed by atoms with Gasteiger partial charge in [0.2, 0.25) is 5.91 Å².